The van der Waals surface area contributed by atoms with Gasteiger partial charge in [0.05, 0.1) is 28.0 Å². The Bertz CT molecular complexity index is 1090. The van der Waals surface area contributed by atoms with Gasteiger partial charge in [0.15, 0.2) is 5.82 Å². The molecule has 1 aliphatic rings. The van der Waals surface area contributed by atoms with E-state index in [1.807, 2.05) is 0 Å². The number of nitrogens with zero attached hydrogens (tertiary/aromatic N) is 5. The molecule has 5 nitrogen and oxygen atoms in total. The van der Waals surface area contributed by atoms with Gasteiger partial charge in [-0.2, -0.15) is 13.2 Å². The van der Waals surface area contributed by atoms with Crippen LogP contribution in [0.1, 0.15) is 35.6 Å². The van der Waals surface area contributed by atoms with E-state index in [-0.39, 0.29) is 5.52 Å². The standard InChI is InChI=1S/C20H17ClF3N5/c1-12-14(26-16-10-13(20(22,23)24)4-5-15(16)25-12)6-7-18-27-17(21)11-19(28-18)29-8-2-3-9-29/h4-7,10-11H,2-3,8-9H2,1H3/b7-6+. The van der Waals surface area contributed by atoms with E-state index >= 15 is 0 Å². The SMILES string of the molecule is Cc1nc2ccc(C(F)(F)F)cc2nc1/C=C/c1nc(Cl)cc(N2CCCC2)n1. The molecule has 3 aromatic rings. The third-order valence-corrected chi connectivity index (χ3v) is 4.92. The van der Waals surface area contributed by atoms with Crippen LogP contribution in [-0.2, 0) is 6.18 Å². The van der Waals surface area contributed by atoms with E-state index in [9.17, 15) is 13.2 Å². The van der Waals surface area contributed by atoms with Gasteiger partial charge in [0.2, 0.25) is 0 Å². The molecule has 0 bridgehead atoms. The van der Waals surface area contributed by atoms with Crippen LogP contribution < -0.4 is 4.90 Å². The van der Waals surface area contributed by atoms with Crippen LogP contribution in [0.5, 0.6) is 0 Å². The Morgan fingerprint density at radius 1 is 0.966 bits per heavy atom. The lowest BCUT2D eigenvalue weighted by atomic mass is 10.1. The second kappa shape index (κ2) is 7.59. The molecule has 1 aliphatic heterocycles. The highest BCUT2D eigenvalue weighted by atomic mass is 35.5. The second-order valence-corrected chi connectivity index (χ2v) is 7.22. The van der Waals surface area contributed by atoms with Crippen molar-refractivity contribution >= 4 is 40.6 Å². The molecular formula is C20H17ClF3N5. The van der Waals surface area contributed by atoms with Crippen LogP contribution >= 0.6 is 11.6 Å². The average molecular weight is 420 g/mol. The molecule has 1 aromatic carbocycles. The van der Waals surface area contributed by atoms with Crippen molar-refractivity contribution < 1.29 is 13.2 Å². The fourth-order valence-corrected chi connectivity index (χ4v) is 3.43. The number of halogens is 4. The van der Waals surface area contributed by atoms with Crippen molar-refractivity contribution in [2.75, 3.05) is 18.0 Å². The number of anilines is 1. The maximum atomic E-state index is 13.0. The number of alkyl halides is 3. The number of hydrogen-bond donors (Lipinski definition) is 0. The first-order valence-electron chi connectivity index (χ1n) is 9.13. The maximum Gasteiger partial charge on any atom is 0.416 e. The van der Waals surface area contributed by atoms with E-state index in [0.29, 0.717) is 27.9 Å². The molecule has 0 atom stereocenters. The van der Waals surface area contributed by atoms with Gasteiger partial charge in [-0.1, -0.05) is 11.6 Å². The normalized spacial score (nSPS) is 15.0. The zero-order valence-corrected chi connectivity index (χ0v) is 16.3. The third-order valence-electron chi connectivity index (χ3n) is 4.72. The first-order valence-corrected chi connectivity index (χ1v) is 9.50. The lowest BCUT2D eigenvalue weighted by Crippen LogP contribution is -2.19. The Hall–Kier alpha value is -2.74. The van der Waals surface area contributed by atoms with Gasteiger partial charge in [0.1, 0.15) is 11.0 Å². The molecule has 3 heterocycles. The molecule has 0 unspecified atom stereocenters. The fourth-order valence-electron chi connectivity index (χ4n) is 3.25. The van der Waals surface area contributed by atoms with Crippen molar-refractivity contribution in [1.29, 1.82) is 0 Å². The van der Waals surface area contributed by atoms with Crippen LogP contribution in [0.25, 0.3) is 23.2 Å². The maximum absolute atomic E-state index is 13.0. The summed E-state index contributed by atoms with van der Waals surface area (Å²) < 4.78 is 38.9. The Labute approximate surface area is 170 Å². The Morgan fingerprint density at radius 3 is 2.45 bits per heavy atom. The Morgan fingerprint density at radius 2 is 1.72 bits per heavy atom. The lowest BCUT2D eigenvalue weighted by Gasteiger charge is -2.16. The minimum Gasteiger partial charge on any atom is -0.356 e. The molecule has 4 rings (SSSR count). The molecule has 1 fully saturated rings. The molecule has 0 spiro atoms. The molecule has 0 radical (unpaired) electrons. The molecule has 29 heavy (non-hydrogen) atoms. The number of aromatic nitrogens is 4. The minimum atomic E-state index is -4.43. The lowest BCUT2D eigenvalue weighted by molar-refractivity contribution is -0.137. The van der Waals surface area contributed by atoms with Crippen LogP contribution in [-0.4, -0.2) is 33.0 Å². The fraction of sp³-hybridized carbons (Fsp3) is 0.300. The molecule has 1 saturated heterocycles. The number of benzene rings is 1. The van der Waals surface area contributed by atoms with Crippen LogP contribution in [0.15, 0.2) is 24.3 Å². The molecule has 150 valence electrons. The van der Waals surface area contributed by atoms with Gasteiger partial charge < -0.3 is 4.90 Å². The molecule has 9 heteroatoms. The first-order chi connectivity index (χ1) is 13.8. The van der Waals surface area contributed by atoms with Crippen molar-refractivity contribution in [1.82, 2.24) is 19.9 Å². The van der Waals surface area contributed by atoms with Crippen molar-refractivity contribution in [3.8, 4) is 0 Å². The van der Waals surface area contributed by atoms with E-state index in [4.69, 9.17) is 11.6 Å². The summed E-state index contributed by atoms with van der Waals surface area (Å²) in [6.45, 7) is 3.60. The summed E-state index contributed by atoms with van der Waals surface area (Å²) >= 11 is 6.13. The van der Waals surface area contributed by atoms with Crippen molar-refractivity contribution in [3.63, 3.8) is 0 Å². The Balaban J connectivity index is 1.68. The van der Waals surface area contributed by atoms with Crippen LogP contribution in [0, 0.1) is 6.92 Å². The highest BCUT2D eigenvalue weighted by molar-refractivity contribution is 6.29. The summed E-state index contributed by atoms with van der Waals surface area (Å²) in [6.07, 6.45) is 1.07. The highest BCUT2D eigenvalue weighted by Crippen LogP contribution is 2.31. The van der Waals surface area contributed by atoms with E-state index < -0.39 is 11.7 Å². The second-order valence-electron chi connectivity index (χ2n) is 6.83. The zero-order valence-electron chi connectivity index (χ0n) is 15.5. The molecule has 2 aromatic heterocycles. The average Bonchev–Trinajstić information content (AvgIpc) is 3.19. The van der Waals surface area contributed by atoms with Gasteiger partial charge in [-0.3, -0.25) is 0 Å². The third kappa shape index (κ3) is 4.32. The smallest absolute Gasteiger partial charge is 0.356 e. The number of rotatable bonds is 3. The highest BCUT2D eigenvalue weighted by Gasteiger charge is 2.30. The summed E-state index contributed by atoms with van der Waals surface area (Å²) in [5.41, 5.74) is 0.864. The number of aryl methyl sites for hydroxylation is 1. The number of fused-ring (bicyclic) bond motifs is 1. The van der Waals surface area contributed by atoms with Gasteiger partial charge in [-0.15, -0.1) is 0 Å². The number of hydrogen-bond acceptors (Lipinski definition) is 5. The predicted octanol–water partition coefficient (Wildman–Crippen LogP) is 5.17. The minimum absolute atomic E-state index is 0.176. The molecule has 0 aliphatic carbocycles. The van der Waals surface area contributed by atoms with Crippen molar-refractivity contribution in [2.24, 2.45) is 0 Å². The van der Waals surface area contributed by atoms with Crippen LogP contribution in [0.3, 0.4) is 0 Å². The Kier molecular flexibility index (Phi) is 5.12. The summed E-state index contributed by atoms with van der Waals surface area (Å²) in [7, 11) is 0. The molecule has 0 N–H and O–H groups in total. The van der Waals surface area contributed by atoms with E-state index in [1.54, 1.807) is 25.1 Å². The van der Waals surface area contributed by atoms with E-state index in [2.05, 4.69) is 24.8 Å². The monoisotopic (exact) mass is 419 g/mol. The largest absolute Gasteiger partial charge is 0.416 e. The summed E-state index contributed by atoms with van der Waals surface area (Å²) in [6, 6.07) is 5.06. The summed E-state index contributed by atoms with van der Waals surface area (Å²) in [4.78, 5) is 19.6. The van der Waals surface area contributed by atoms with Crippen molar-refractivity contribution in [3.05, 3.63) is 52.2 Å². The van der Waals surface area contributed by atoms with Crippen molar-refractivity contribution in [2.45, 2.75) is 25.9 Å². The molecule has 0 amide bonds. The van der Waals surface area contributed by atoms with Gasteiger partial charge in [0.25, 0.3) is 0 Å². The van der Waals surface area contributed by atoms with Crippen LogP contribution in [0.4, 0.5) is 19.0 Å². The topological polar surface area (TPSA) is 54.8 Å². The van der Waals surface area contributed by atoms with E-state index in [0.717, 1.165) is 43.9 Å². The van der Waals surface area contributed by atoms with Crippen LogP contribution in [0.2, 0.25) is 5.15 Å². The summed E-state index contributed by atoms with van der Waals surface area (Å²) in [5.74, 6) is 1.17. The molecular weight excluding hydrogens is 403 g/mol. The van der Waals surface area contributed by atoms with E-state index in [1.165, 1.54) is 6.07 Å². The van der Waals surface area contributed by atoms with Gasteiger partial charge in [-0.05, 0) is 50.1 Å². The quantitative estimate of drug-likeness (QED) is 0.548. The summed E-state index contributed by atoms with van der Waals surface area (Å²) in [5, 5.41) is 0.331. The predicted molar refractivity (Wildman–Crippen MR) is 107 cm³/mol. The van der Waals surface area contributed by atoms with Gasteiger partial charge in [-0.25, -0.2) is 19.9 Å². The van der Waals surface area contributed by atoms with Gasteiger partial charge in [0, 0.05) is 19.2 Å². The molecule has 0 saturated carbocycles. The van der Waals surface area contributed by atoms with Gasteiger partial charge >= 0.3 is 6.18 Å². The first kappa shape index (κ1) is 19.6. The zero-order chi connectivity index (χ0) is 20.6.